The normalized spacial score (nSPS) is 37.2. The minimum Gasteiger partial charge on any atom is -0.456 e. The Morgan fingerprint density at radius 3 is 1.98 bits per heavy atom. The van der Waals surface area contributed by atoms with Crippen molar-refractivity contribution >= 4 is 44.7 Å². The van der Waals surface area contributed by atoms with Crippen molar-refractivity contribution in [3.63, 3.8) is 0 Å². The average Bonchev–Trinajstić information content (AvgIpc) is 3.16. The van der Waals surface area contributed by atoms with E-state index in [1.165, 1.54) is 50.7 Å². The van der Waals surface area contributed by atoms with Gasteiger partial charge in [0.15, 0.2) is 16.6 Å². The first kappa shape index (κ1) is 34.6. The number of fused-ring (bicyclic) bond motifs is 5. The monoisotopic (exact) mass is 652 g/mol. The Morgan fingerprint density at radius 1 is 0.738 bits per heavy atom. The number of oxime groups is 2. The van der Waals surface area contributed by atoms with Crippen LogP contribution in [0.2, 0.25) is 78.6 Å². The number of rotatable bonds is 10. The molecule has 4 saturated carbocycles. The molecule has 4 aliphatic rings. The van der Waals surface area contributed by atoms with Gasteiger partial charge in [-0.25, -0.2) is 0 Å². The summed E-state index contributed by atoms with van der Waals surface area (Å²) in [5.74, 6) is 3.78. The zero-order valence-electron chi connectivity index (χ0n) is 29.4. The molecule has 10 heteroatoms. The molecule has 0 N–H and O–H groups in total. The highest BCUT2D eigenvalue weighted by atomic mass is 28.4. The van der Waals surface area contributed by atoms with Crippen LogP contribution in [0.15, 0.2) is 10.3 Å². The maximum absolute atomic E-state index is 6.66. The Hall–Kier alpha value is -0.272. The highest BCUT2D eigenvalue weighted by Crippen LogP contribution is 2.64. The average molecular weight is 653 g/mol. The number of hydrogen-bond donors (Lipinski definition) is 0. The minimum absolute atomic E-state index is 0.109. The second-order valence-corrected chi connectivity index (χ2v) is 36.0. The lowest BCUT2D eigenvalue weighted by Gasteiger charge is -2.56. The lowest BCUT2D eigenvalue weighted by atomic mass is 9.49. The van der Waals surface area contributed by atoms with Gasteiger partial charge in [-0.3, -0.25) is 0 Å². The van der Waals surface area contributed by atoms with Crippen molar-refractivity contribution in [2.45, 2.75) is 143 Å². The van der Waals surface area contributed by atoms with Gasteiger partial charge in [-0.15, -0.1) is 10.3 Å². The molecule has 42 heavy (non-hydrogen) atoms. The van der Waals surface area contributed by atoms with Crippen LogP contribution in [-0.2, 0) is 17.9 Å². The number of nitrogens with zero attached hydrogens (tertiary/aromatic N) is 2. The van der Waals surface area contributed by atoms with E-state index in [0.717, 1.165) is 24.0 Å². The molecule has 0 amide bonds. The third-order valence-electron chi connectivity index (χ3n) is 10.1. The molecule has 0 aromatic carbocycles. The predicted octanol–water partition coefficient (Wildman–Crippen LogP) is 9.35. The van der Waals surface area contributed by atoms with Crippen molar-refractivity contribution in [1.29, 1.82) is 0 Å². The van der Waals surface area contributed by atoms with Crippen LogP contribution in [0, 0.1) is 40.9 Å². The molecule has 8 atom stereocenters. The van der Waals surface area contributed by atoms with Crippen LogP contribution >= 0.6 is 0 Å². The van der Waals surface area contributed by atoms with Gasteiger partial charge in [-0.1, -0.05) is 6.92 Å². The highest BCUT2D eigenvalue weighted by molar-refractivity contribution is 6.70. The summed E-state index contributed by atoms with van der Waals surface area (Å²) in [7, 11) is -6.84. The van der Waals surface area contributed by atoms with Crippen LogP contribution in [0.4, 0.5) is 0 Å². The molecule has 0 saturated heterocycles. The van der Waals surface area contributed by atoms with E-state index in [-0.39, 0.29) is 5.41 Å². The smallest absolute Gasteiger partial charge is 0.278 e. The summed E-state index contributed by atoms with van der Waals surface area (Å²) in [4.78, 5) is 0. The lowest BCUT2D eigenvalue weighted by molar-refractivity contribution is -0.0232. The van der Waals surface area contributed by atoms with E-state index >= 15 is 0 Å². The largest absolute Gasteiger partial charge is 0.456 e. The van der Waals surface area contributed by atoms with Gasteiger partial charge in [0.25, 0.3) is 16.6 Å². The van der Waals surface area contributed by atoms with Crippen LogP contribution in [-0.4, -0.2) is 57.4 Å². The Balaban J connectivity index is 1.65. The van der Waals surface area contributed by atoms with Crippen LogP contribution in [0.5, 0.6) is 0 Å². The fourth-order valence-electron chi connectivity index (χ4n) is 8.75. The van der Waals surface area contributed by atoms with Gasteiger partial charge in [-0.2, -0.15) is 0 Å². The van der Waals surface area contributed by atoms with E-state index in [1.807, 2.05) is 0 Å². The minimum atomic E-state index is -1.81. The standard InChI is InChI=1S/C32H64N2O4Si4/c1-32-21-29(33-37-41(8,9)10)31-25-17-15-24(36-40(5,6)7)20-23(25)14-16-26(31)27(32)18-19-28(32)30(22-35-39(2,3)4)34-38-42(11,12)13/h23-28,31H,14-22H2,1-13H3/b33-29+,34-30+/t23-,24-,25?,26?,27?,28-,31?,32+/m1/s1. The molecule has 4 aliphatic carbocycles. The van der Waals surface area contributed by atoms with Crippen LogP contribution < -0.4 is 0 Å². The molecule has 242 valence electrons. The molecule has 4 rings (SSSR count). The summed E-state index contributed by atoms with van der Waals surface area (Å²) >= 11 is 0. The molecule has 0 spiro atoms. The van der Waals surface area contributed by atoms with Gasteiger partial charge in [0.1, 0.15) is 0 Å². The third-order valence-corrected chi connectivity index (χ3v) is 13.4. The van der Waals surface area contributed by atoms with E-state index in [4.69, 9.17) is 28.2 Å². The summed E-state index contributed by atoms with van der Waals surface area (Å²) in [6, 6.07) is 0. The molecule has 0 aromatic heterocycles. The molecule has 0 aromatic rings. The summed E-state index contributed by atoms with van der Waals surface area (Å²) < 4.78 is 25.8. The van der Waals surface area contributed by atoms with Crippen molar-refractivity contribution in [3.05, 3.63) is 0 Å². The van der Waals surface area contributed by atoms with Crippen LogP contribution in [0.1, 0.15) is 58.3 Å². The molecular formula is C32H64N2O4Si4. The maximum atomic E-state index is 6.66. The molecular weight excluding hydrogens is 589 g/mol. The SMILES string of the molecule is C[C@]12C/C(=N\O[Si](C)(C)C)C3C(CC[C@@H]4C[C@H](O[Si](C)(C)C)CCC34)C1CC[C@@H]2/C(CO[Si](C)(C)C)=N/O[Si](C)(C)C. The molecule has 0 bridgehead atoms. The quantitative estimate of drug-likeness (QED) is 0.134. The fourth-order valence-corrected chi connectivity index (χ4v) is 11.3. The van der Waals surface area contributed by atoms with Gasteiger partial charge >= 0.3 is 0 Å². The van der Waals surface area contributed by atoms with Gasteiger partial charge in [-0.05, 0) is 159 Å². The topological polar surface area (TPSA) is 61.6 Å². The van der Waals surface area contributed by atoms with Crippen molar-refractivity contribution < 1.29 is 17.9 Å². The zero-order valence-corrected chi connectivity index (χ0v) is 33.4. The molecule has 6 nitrogen and oxygen atoms in total. The van der Waals surface area contributed by atoms with Crippen LogP contribution in [0.3, 0.4) is 0 Å². The first-order valence-corrected chi connectivity index (χ1v) is 30.6. The van der Waals surface area contributed by atoms with Gasteiger partial charge < -0.3 is 17.9 Å². The first-order chi connectivity index (χ1) is 19.2. The summed E-state index contributed by atoms with van der Waals surface area (Å²) in [6.45, 7) is 30.4. The Kier molecular flexibility index (Phi) is 10.3. The van der Waals surface area contributed by atoms with Crippen molar-refractivity contribution in [2.75, 3.05) is 6.61 Å². The summed E-state index contributed by atoms with van der Waals surface area (Å²) in [5.41, 5.74) is 2.62. The van der Waals surface area contributed by atoms with Gasteiger partial charge in [0.2, 0.25) is 0 Å². The van der Waals surface area contributed by atoms with E-state index in [1.54, 1.807) is 0 Å². The van der Waals surface area contributed by atoms with Gasteiger partial charge in [0.05, 0.1) is 18.0 Å². The number of hydrogen-bond acceptors (Lipinski definition) is 6. The van der Waals surface area contributed by atoms with Crippen LogP contribution in [0.25, 0.3) is 0 Å². The highest BCUT2D eigenvalue weighted by Gasteiger charge is 2.60. The molecule has 0 aliphatic heterocycles. The van der Waals surface area contributed by atoms with Gasteiger partial charge in [0, 0.05) is 17.9 Å². The van der Waals surface area contributed by atoms with E-state index in [0.29, 0.717) is 36.4 Å². The fraction of sp³-hybridized carbons (Fsp3) is 0.938. The second-order valence-electron chi connectivity index (χ2n) is 18.2. The second kappa shape index (κ2) is 12.5. The summed E-state index contributed by atoms with van der Waals surface area (Å²) in [6.07, 6.45) is 10.3. The molecule has 0 radical (unpaired) electrons. The molecule has 4 unspecified atom stereocenters. The Labute approximate surface area is 262 Å². The lowest BCUT2D eigenvalue weighted by Crippen LogP contribution is -2.54. The first-order valence-electron chi connectivity index (χ1n) is 17.0. The van der Waals surface area contributed by atoms with E-state index < -0.39 is 33.3 Å². The van der Waals surface area contributed by atoms with E-state index in [9.17, 15) is 0 Å². The molecule has 4 fully saturated rings. The maximum Gasteiger partial charge on any atom is 0.278 e. The van der Waals surface area contributed by atoms with Crippen molar-refractivity contribution in [3.8, 4) is 0 Å². The van der Waals surface area contributed by atoms with Crippen molar-refractivity contribution in [1.82, 2.24) is 0 Å². The predicted molar refractivity (Wildman–Crippen MR) is 187 cm³/mol. The molecule has 0 heterocycles. The van der Waals surface area contributed by atoms with Crippen molar-refractivity contribution in [2.24, 2.45) is 51.2 Å². The summed E-state index contributed by atoms with van der Waals surface area (Å²) in [5, 5.41) is 10.1. The Morgan fingerprint density at radius 2 is 1.38 bits per heavy atom. The third kappa shape index (κ3) is 8.71. The zero-order chi connectivity index (χ0) is 31.3. The Bertz CT molecular complexity index is 1010. The van der Waals surface area contributed by atoms with E-state index in [2.05, 4.69) is 85.5 Å².